The summed E-state index contributed by atoms with van der Waals surface area (Å²) < 4.78 is 6.24. The molecule has 0 radical (unpaired) electrons. The predicted molar refractivity (Wildman–Crippen MR) is 93.0 cm³/mol. The number of anilines is 1. The highest BCUT2D eigenvalue weighted by molar-refractivity contribution is 8.01. The molecule has 1 saturated heterocycles. The highest BCUT2D eigenvalue weighted by Gasteiger charge is 2.24. The molecule has 2 heterocycles. The molecule has 7 heteroatoms. The van der Waals surface area contributed by atoms with Crippen LogP contribution >= 0.6 is 23.1 Å². The van der Waals surface area contributed by atoms with Gasteiger partial charge in [0.2, 0.25) is 5.13 Å². The molecule has 0 saturated carbocycles. The third-order valence-corrected chi connectivity index (χ3v) is 5.60. The van der Waals surface area contributed by atoms with Gasteiger partial charge in [-0.2, -0.15) is 0 Å². The third kappa shape index (κ3) is 5.02. The van der Waals surface area contributed by atoms with Gasteiger partial charge in [0.1, 0.15) is 6.10 Å². The lowest BCUT2D eigenvalue weighted by molar-refractivity contribution is -0.124. The molecule has 23 heavy (non-hydrogen) atoms. The first-order valence-corrected chi connectivity index (χ1v) is 9.54. The fourth-order valence-electron chi connectivity index (χ4n) is 2.37. The average Bonchev–Trinajstić information content (AvgIpc) is 3.24. The number of carbonyl (C=O) groups excluding carboxylic acids is 1. The first-order chi connectivity index (χ1) is 11.3. The molecule has 0 bridgehead atoms. The highest BCUT2D eigenvalue weighted by Crippen LogP contribution is 2.27. The molecule has 1 aromatic carbocycles. The van der Waals surface area contributed by atoms with Gasteiger partial charge < -0.3 is 4.74 Å². The number of amides is 1. The van der Waals surface area contributed by atoms with E-state index in [0.717, 1.165) is 35.8 Å². The summed E-state index contributed by atoms with van der Waals surface area (Å²) in [6.07, 6.45) is 3.55. The molecular weight excluding hydrogens is 330 g/mol. The van der Waals surface area contributed by atoms with Crippen molar-refractivity contribution in [1.29, 1.82) is 0 Å². The van der Waals surface area contributed by atoms with Crippen LogP contribution in [0, 0.1) is 0 Å². The molecule has 3 rings (SSSR count). The quantitative estimate of drug-likeness (QED) is 0.472. The summed E-state index contributed by atoms with van der Waals surface area (Å²) >= 11 is 3.10. The van der Waals surface area contributed by atoms with Gasteiger partial charge in [0, 0.05) is 12.4 Å². The molecule has 1 aliphatic heterocycles. The minimum Gasteiger partial charge on any atom is -0.368 e. The summed E-state index contributed by atoms with van der Waals surface area (Å²) in [7, 11) is 0. The van der Waals surface area contributed by atoms with Crippen molar-refractivity contribution in [1.82, 2.24) is 10.2 Å². The molecule has 122 valence electrons. The van der Waals surface area contributed by atoms with E-state index < -0.39 is 0 Å². The normalized spacial score (nSPS) is 17.3. The van der Waals surface area contributed by atoms with E-state index in [2.05, 4.69) is 39.8 Å². The zero-order valence-electron chi connectivity index (χ0n) is 12.7. The number of nitrogens with zero attached hydrogens (tertiary/aromatic N) is 2. The van der Waals surface area contributed by atoms with Gasteiger partial charge in [-0.15, -0.1) is 10.2 Å². The van der Waals surface area contributed by atoms with Crippen LogP contribution in [0.2, 0.25) is 0 Å². The first-order valence-electron chi connectivity index (χ1n) is 7.74. The largest absolute Gasteiger partial charge is 0.368 e. The zero-order valence-corrected chi connectivity index (χ0v) is 14.4. The number of hydrogen-bond donors (Lipinski definition) is 1. The van der Waals surface area contributed by atoms with E-state index >= 15 is 0 Å². The predicted octanol–water partition coefficient (Wildman–Crippen LogP) is 3.38. The molecular formula is C16H19N3O2S2. The van der Waals surface area contributed by atoms with Gasteiger partial charge >= 0.3 is 0 Å². The maximum absolute atomic E-state index is 11.9. The van der Waals surface area contributed by atoms with Crippen molar-refractivity contribution in [2.24, 2.45) is 0 Å². The minimum absolute atomic E-state index is 0.112. The number of hydrogen-bond acceptors (Lipinski definition) is 6. The summed E-state index contributed by atoms with van der Waals surface area (Å²) in [5, 5.41) is 11.5. The van der Waals surface area contributed by atoms with E-state index in [1.165, 1.54) is 16.9 Å². The van der Waals surface area contributed by atoms with Gasteiger partial charge in [-0.3, -0.25) is 10.1 Å². The van der Waals surface area contributed by atoms with E-state index in [0.29, 0.717) is 11.7 Å². The number of nitrogens with one attached hydrogen (secondary N) is 1. The lowest BCUT2D eigenvalue weighted by atomic mass is 10.1. The molecule has 5 nitrogen and oxygen atoms in total. The Morgan fingerprint density at radius 1 is 1.35 bits per heavy atom. The van der Waals surface area contributed by atoms with Crippen molar-refractivity contribution >= 4 is 34.1 Å². The Labute approximate surface area is 143 Å². The monoisotopic (exact) mass is 349 g/mol. The van der Waals surface area contributed by atoms with Gasteiger partial charge in [0.05, 0.1) is 0 Å². The number of thioether (sulfide) groups is 1. The molecule has 0 unspecified atom stereocenters. The number of benzene rings is 1. The van der Waals surface area contributed by atoms with Crippen LogP contribution in [0.25, 0.3) is 0 Å². The van der Waals surface area contributed by atoms with Crippen molar-refractivity contribution in [3.05, 3.63) is 35.9 Å². The van der Waals surface area contributed by atoms with Crippen LogP contribution < -0.4 is 5.32 Å². The second kappa shape index (κ2) is 8.42. The summed E-state index contributed by atoms with van der Waals surface area (Å²) in [5.74, 6) is 0.878. The van der Waals surface area contributed by atoms with Crippen LogP contribution in [-0.4, -0.2) is 34.6 Å². The van der Waals surface area contributed by atoms with Crippen LogP contribution in [0.3, 0.4) is 0 Å². The number of aryl methyl sites for hydroxylation is 1. The van der Waals surface area contributed by atoms with E-state index in [1.54, 1.807) is 11.8 Å². The fraction of sp³-hybridized carbons (Fsp3) is 0.438. The Morgan fingerprint density at radius 3 is 3.00 bits per heavy atom. The molecule has 1 amide bonds. The van der Waals surface area contributed by atoms with Crippen LogP contribution in [0.1, 0.15) is 24.8 Å². The molecule has 1 atom stereocenters. The van der Waals surface area contributed by atoms with E-state index in [-0.39, 0.29) is 12.0 Å². The van der Waals surface area contributed by atoms with Gasteiger partial charge in [-0.1, -0.05) is 53.4 Å². The first kappa shape index (κ1) is 16.4. The molecule has 1 fully saturated rings. The smallest absolute Gasteiger partial charge is 0.255 e. The fourth-order valence-corrected chi connectivity index (χ4v) is 4.13. The van der Waals surface area contributed by atoms with Crippen molar-refractivity contribution in [2.45, 2.75) is 36.1 Å². The van der Waals surface area contributed by atoms with Crippen molar-refractivity contribution in [2.75, 3.05) is 17.7 Å². The Balaban J connectivity index is 1.39. The summed E-state index contributed by atoms with van der Waals surface area (Å²) in [4.78, 5) is 11.9. The second-order valence-electron chi connectivity index (χ2n) is 5.30. The Bertz CT molecular complexity index is 627. The number of rotatable bonds is 7. The van der Waals surface area contributed by atoms with Crippen LogP contribution in [-0.2, 0) is 16.0 Å². The lowest BCUT2D eigenvalue weighted by Crippen LogP contribution is -2.26. The maximum atomic E-state index is 11.9. The van der Waals surface area contributed by atoms with E-state index in [1.807, 2.05) is 6.07 Å². The number of ether oxygens (including phenoxy) is 1. The van der Waals surface area contributed by atoms with E-state index in [4.69, 9.17) is 4.74 Å². The van der Waals surface area contributed by atoms with Crippen LogP contribution in [0.4, 0.5) is 5.13 Å². The van der Waals surface area contributed by atoms with Gasteiger partial charge in [0.15, 0.2) is 4.34 Å². The summed E-state index contributed by atoms with van der Waals surface area (Å²) in [6.45, 7) is 0.663. The summed E-state index contributed by atoms with van der Waals surface area (Å²) in [6, 6.07) is 10.5. The maximum Gasteiger partial charge on any atom is 0.255 e. The van der Waals surface area contributed by atoms with Crippen molar-refractivity contribution in [3.8, 4) is 0 Å². The second-order valence-corrected chi connectivity index (χ2v) is 7.62. The Hall–Kier alpha value is -1.44. The molecule has 0 aliphatic carbocycles. The van der Waals surface area contributed by atoms with Crippen LogP contribution in [0.15, 0.2) is 34.7 Å². The third-order valence-electron chi connectivity index (χ3n) is 3.54. The Morgan fingerprint density at radius 2 is 2.22 bits per heavy atom. The molecule has 1 aromatic heterocycles. The van der Waals surface area contributed by atoms with Gasteiger partial charge in [0.25, 0.3) is 5.91 Å². The van der Waals surface area contributed by atoms with Gasteiger partial charge in [-0.05, 0) is 31.2 Å². The molecule has 1 aliphatic rings. The standard InChI is InChI=1S/C16H19N3O2S2/c20-14(13-9-4-10-21-13)17-15-18-19-16(23-15)22-11-5-8-12-6-2-1-3-7-12/h1-3,6-7,13H,4-5,8-11H2,(H,17,18,20)/t13-/m1/s1. The molecule has 2 aromatic rings. The van der Waals surface area contributed by atoms with Crippen LogP contribution in [0.5, 0.6) is 0 Å². The zero-order chi connectivity index (χ0) is 15.9. The molecule has 0 spiro atoms. The van der Waals surface area contributed by atoms with E-state index in [9.17, 15) is 4.79 Å². The topological polar surface area (TPSA) is 64.1 Å². The van der Waals surface area contributed by atoms with Gasteiger partial charge in [-0.25, -0.2) is 0 Å². The Kier molecular flexibility index (Phi) is 6.01. The average molecular weight is 349 g/mol. The minimum atomic E-state index is -0.333. The molecule has 1 N–H and O–H groups in total. The number of aromatic nitrogens is 2. The SMILES string of the molecule is O=C(Nc1nnc(SCCCc2ccccc2)s1)[C@H]1CCCO1. The van der Waals surface area contributed by atoms with Crippen molar-refractivity contribution < 1.29 is 9.53 Å². The lowest BCUT2D eigenvalue weighted by Gasteiger charge is -2.06. The summed E-state index contributed by atoms with van der Waals surface area (Å²) in [5.41, 5.74) is 1.36. The van der Waals surface area contributed by atoms with Crippen molar-refractivity contribution in [3.63, 3.8) is 0 Å². The number of carbonyl (C=O) groups is 1. The highest BCUT2D eigenvalue weighted by atomic mass is 32.2.